The van der Waals surface area contributed by atoms with Gasteiger partial charge in [-0.1, -0.05) is 30.8 Å². The third-order valence-corrected chi connectivity index (χ3v) is 4.94. The van der Waals surface area contributed by atoms with E-state index in [1.807, 2.05) is 24.3 Å². The number of allylic oxidation sites excluding steroid dienone is 1. The summed E-state index contributed by atoms with van der Waals surface area (Å²) in [7, 11) is 1.68. The molecule has 1 aliphatic rings. The van der Waals surface area contributed by atoms with Gasteiger partial charge in [-0.05, 0) is 29.7 Å². The zero-order valence-electron chi connectivity index (χ0n) is 17.6. The predicted octanol–water partition coefficient (Wildman–Crippen LogP) is 4.95. The van der Waals surface area contributed by atoms with Crippen LogP contribution >= 0.6 is 11.6 Å². The fraction of sp³-hybridized carbons (Fsp3) is 0.364. The van der Waals surface area contributed by atoms with Crippen molar-refractivity contribution in [2.45, 2.75) is 32.5 Å². The molecule has 1 aromatic carbocycles. The lowest BCUT2D eigenvalue weighted by Crippen LogP contribution is -2.38. The van der Waals surface area contributed by atoms with Crippen LogP contribution in [0.15, 0.2) is 48.8 Å². The summed E-state index contributed by atoms with van der Waals surface area (Å²) >= 11 is 5.88. The molecule has 0 radical (unpaired) electrons. The highest BCUT2D eigenvalue weighted by Gasteiger charge is 2.24. The van der Waals surface area contributed by atoms with Gasteiger partial charge < -0.3 is 19.1 Å². The number of rotatable bonds is 9. The number of alkyl halides is 2. The standard InChI is InChI=1S/C22H24ClF2N3O3/c1-14(22(3,24)25)10-28(4)15(2)17-7-5-16(6-8-17)11-30-20-19(9-26-21(23)27-20)31-18-12-29-13-18/h5-10,18H,2,11-13H2,1,3-4H3/b14-10+. The minimum Gasteiger partial charge on any atom is -0.478 e. The fourth-order valence-electron chi connectivity index (χ4n) is 2.61. The Bertz CT molecular complexity index is 957. The number of aromatic nitrogens is 2. The van der Waals surface area contributed by atoms with Crippen LogP contribution in [0, 0.1) is 0 Å². The molecular formula is C22H24ClF2N3O3. The SMILES string of the molecule is C=C(c1ccc(COc2nc(Cl)ncc2OC2COC2)cc1)N(C)/C=C(\C)C(C)(F)F. The van der Waals surface area contributed by atoms with E-state index >= 15 is 0 Å². The van der Waals surface area contributed by atoms with Gasteiger partial charge in [0.2, 0.25) is 11.0 Å². The van der Waals surface area contributed by atoms with Gasteiger partial charge in [0.15, 0.2) is 0 Å². The minimum atomic E-state index is -2.88. The first kappa shape index (κ1) is 23.0. The Kier molecular flexibility index (Phi) is 7.12. The van der Waals surface area contributed by atoms with Crippen LogP contribution in [-0.2, 0) is 11.3 Å². The summed E-state index contributed by atoms with van der Waals surface area (Å²) in [5, 5.41) is 0.0582. The number of nitrogens with zero attached hydrogens (tertiary/aromatic N) is 3. The molecule has 2 heterocycles. The predicted molar refractivity (Wildman–Crippen MR) is 114 cm³/mol. The van der Waals surface area contributed by atoms with Crippen LogP contribution < -0.4 is 9.47 Å². The molecular weight excluding hydrogens is 428 g/mol. The molecule has 0 amide bonds. The number of hydrogen-bond acceptors (Lipinski definition) is 6. The lowest BCUT2D eigenvalue weighted by atomic mass is 10.1. The van der Waals surface area contributed by atoms with Crippen LogP contribution in [0.3, 0.4) is 0 Å². The number of halogens is 3. The molecule has 2 aromatic rings. The summed E-state index contributed by atoms with van der Waals surface area (Å²) in [4.78, 5) is 9.60. The van der Waals surface area contributed by atoms with E-state index < -0.39 is 5.92 Å². The van der Waals surface area contributed by atoms with Gasteiger partial charge in [-0.2, -0.15) is 4.98 Å². The van der Waals surface area contributed by atoms with Gasteiger partial charge in [0.05, 0.1) is 19.4 Å². The van der Waals surface area contributed by atoms with Crippen LogP contribution in [0.25, 0.3) is 5.70 Å². The van der Waals surface area contributed by atoms with Crippen molar-refractivity contribution >= 4 is 17.3 Å². The second-order valence-corrected chi connectivity index (χ2v) is 7.67. The topological polar surface area (TPSA) is 56.7 Å². The van der Waals surface area contributed by atoms with Gasteiger partial charge in [0.1, 0.15) is 12.7 Å². The Labute approximate surface area is 185 Å². The smallest absolute Gasteiger partial charge is 0.268 e. The van der Waals surface area contributed by atoms with E-state index in [9.17, 15) is 8.78 Å². The van der Waals surface area contributed by atoms with E-state index in [1.54, 1.807) is 11.9 Å². The van der Waals surface area contributed by atoms with Crippen molar-refractivity contribution in [2.24, 2.45) is 0 Å². The van der Waals surface area contributed by atoms with Gasteiger partial charge >= 0.3 is 0 Å². The van der Waals surface area contributed by atoms with Gasteiger partial charge in [0.25, 0.3) is 11.8 Å². The zero-order valence-corrected chi connectivity index (χ0v) is 18.3. The first-order valence-electron chi connectivity index (χ1n) is 9.61. The van der Waals surface area contributed by atoms with Crippen molar-refractivity contribution in [3.05, 3.63) is 65.2 Å². The Morgan fingerprint density at radius 3 is 2.61 bits per heavy atom. The van der Waals surface area contributed by atoms with E-state index in [2.05, 4.69) is 16.5 Å². The maximum atomic E-state index is 13.4. The van der Waals surface area contributed by atoms with Crippen molar-refractivity contribution in [3.8, 4) is 11.6 Å². The summed E-state index contributed by atoms with van der Waals surface area (Å²) in [6, 6.07) is 7.42. The van der Waals surface area contributed by atoms with Crippen molar-refractivity contribution in [3.63, 3.8) is 0 Å². The molecule has 0 aliphatic carbocycles. The first-order chi connectivity index (χ1) is 14.6. The molecule has 3 rings (SSSR count). The third kappa shape index (κ3) is 6.15. The van der Waals surface area contributed by atoms with E-state index in [-0.39, 0.29) is 29.4 Å². The highest BCUT2D eigenvalue weighted by atomic mass is 35.5. The third-order valence-electron chi connectivity index (χ3n) is 4.76. The fourth-order valence-corrected chi connectivity index (χ4v) is 2.74. The maximum Gasteiger partial charge on any atom is 0.268 e. The quantitative estimate of drug-likeness (QED) is 0.503. The molecule has 0 saturated carbocycles. The van der Waals surface area contributed by atoms with Gasteiger partial charge in [-0.15, -0.1) is 0 Å². The summed E-state index contributed by atoms with van der Waals surface area (Å²) in [5.41, 5.74) is 2.22. The highest BCUT2D eigenvalue weighted by molar-refractivity contribution is 6.28. The number of benzene rings is 1. The molecule has 0 atom stereocenters. The second-order valence-electron chi connectivity index (χ2n) is 7.33. The molecule has 0 unspecified atom stereocenters. The van der Waals surface area contributed by atoms with E-state index in [1.165, 1.54) is 19.3 Å². The summed E-state index contributed by atoms with van der Waals surface area (Å²) in [6.45, 7) is 7.49. The van der Waals surface area contributed by atoms with E-state index in [4.69, 9.17) is 25.8 Å². The molecule has 0 bridgehead atoms. The molecule has 31 heavy (non-hydrogen) atoms. The zero-order chi connectivity index (χ0) is 22.6. The lowest BCUT2D eigenvalue weighted by Gasteiger charge is -2.27. The van der Waals surface area contributed by atoms with Crippen LogP contribution in [0.2, 0.25) is 5.28 Å². The summed E-state index contributed by atoms with van der Waals surface area (Å²) < 4.78 is 43.4. The van der Waals surface area contributed by atoms with Crippen molar-refractivity contribution in [1.82, 2.24) is 14.9 Å². The van der Waals surface area contributed by atoms with E-state index in [0.717, 1.165) is 18.1 Å². The first-order valence-corrected chi connectivity index (χ1v) is 9.99. The average molecular weight is 452 g/mol. The molecule has 166 valence electrons. The molecule has 0 N–H and O–H groups in total. The molecule has 1 saturated heterocycles. The summed E-state index contributed by atoms with van der Waals surface area (Å²) in [5.74, 6) is -2.23. The molecule has 6 nitrogen and oxygen atoms in total. The Morgan fingerprint density at radius 1 is 1.35 bits per heavy atom. The van der Waals surface area contributed by atoms with Crippen LogP contribution in [0.4, 0.5) is 8.78 Å². The second kappa shape index (κ2) is 9.62. The van der Waals surface area contributed by atoms with Crippen molar-refractivity contribution in [2.75, 3.05) is 20.3 Å². The Balaban J connectivity index is 1.63. The molecule has 1 aromatic heterocycles. The number of ether oxygens (including phenoxy) is 3. The van der Waals surface area contributed by atoms with E-state index in [0.29, 0.717) is 24.7 Å². The van der Waals surface area contributed by atoms with Gasteiger partial charge in [-0.25, -0.2) is 13.8 Å². The number of hydrogen-bond donors (Lipinski definition) is 0. The van der Waals surface area contributed by atoms with Crippen LogP contribution in [0.1, 0.15) is 25.0 Å². The van der Waals surface area contributed by atoms with Crippen molar-refractivity contribution in [1.29, 1.82) is 0 Å². The molecule has 0 spiro atoms. The minimum absolute atomic E-state index is 0.0452. The van der Waals surface area contributed by atoms with Crippen LogP contribution in [-0.4, -0.2) is 47.2 Å². The Morgan fingerprint density at radius 2 is 2.03 bits per heavy atom. The molecule has 9 heteroatoms. The van der Waals surface area contributed by atoms with Gasteiger partial charge in [-0.3, -0.25) is 0 Å². The normalized spacial score (nSPS) is 14.7. The lowest BCUT2D eigenvalue weighted by molar-refractivity contribution is -0.0808. The molecule has 1 aliphatic heterocycles. The average Bonchev–Trinajstić information content (AvgIpc) is 2.69. The van der Waals surface area contributed by atoms with Crippen LogP contribution in [0.5, 0.6) is 11.6 Å². The highest BCUT2D eigenvalue weighted by Crippen LogP contribution is 2.29. The molecule has 1 fully saturated rings. The maximum absolute atomic E-state index is 13.4. The monoisotopic (exact) mass is 451 g/mol. The van der Waals surface area contributed by atoms with Gasteiger partial charge in [0, 0.05) is 31.4 Å². The largest absolute Gasteiger partial charge is 0.478 e. The summed E-state index contributed by atoms with van der Waals surface area (Å²) in [6.07, 6.45) is 2.80. The Hall–Kier alpha value is -2.71. The van der Waals surface area contributed by atoms with Crippen molar-refractivity contribution < 1.29 is 23.0 Å².